The Balaban J connectivity index is 1.45. The highest BCUT2D eigenvalue weighted by Crippen LogP contribution is 2.41. The van der Waals surface area contributed by atoms with Crippen LogP contribution in [0.1, 0.15) is 61.8 Å². The van der Waals surface area contributed by atoms with Gasteiger partial charge in [0.05, 0.1) is 54.3 Å². The van der Waals surface area contributed by atoms with Gasteiger partial charge in [-0.25, -0.2) is 4.79 Å². The summed E-state index contributed by atoms with van der Waals surface area (Å²) < 4.78 is 47.5. The number of carbonyl (C=O) groups is 1. The molecule has 0 unspecified atom stereocenters. The highest BCUT2D eigenvalue weighted by atomic mass is 16.5. The maximum Gasteiger partial charge on any atom is 0.399 e. The maximum atomic E-state index is 14.3. The first-order chi connectivity index (χ1) is 26.3. The van der Waals surface area contributed by atoms with E-state index in [2.05, 4.69) is 4.90 Å². The third-order valence-electron chi connectivity index (χ3n) is 9.90. The Kier molecular flexibility index (Phi) is 14.9. The van der Waals surface area contributed by atoms with Crippen molar-refractivity contribution in [2.75, 3.05) is 81.5 Å². The lowest BCUT2D eigenvalue weighted by molar-refractivity contribution is -0.510. The molecule has 0 aromatic heterocycles. The number of aryl methyl sites for hydroxylation is 1. The Hall–Kier alpha value is -4.94. The summed E-state index contributed by atoms with van der Waals surface area (Å²) in [7, 11) is 7.87. The van der Waals surface area contributed by atoms with Crippen LogP contribution < -0.4 is 28.4 Å². The lowest BCUT2D eigenvalue weighted by Crippen LogP contribution is -2.38. The predicted molar refractivity (Wildman–Crippen MR) is 206 cm³/mol. The number of hydrogen-bond acceptors (Lipinski definition) is 11. The number of ether oxygens (including phenoxy) is 8. The van der Waals surface area contributed by atoms with Gasteiger partial charge in [-0.1, -0.05) is 25.1 Å². The fourth-order valence-corrected chi connectivity index (χ4v) is 6.93. The van der Waals surface area contributed by atoms with E-state index in [1.807, 2.05) is 49.4 Å². The van der Waals surface area contributed by atoms with E-state index in [0.717, 1.165) is 56.8 Å². The van der Waals surface area contributed by atoms with Crippen molar-refractivity contribution in [1.82, 2.24) is 4.90 Å². The molecule has 54 heavy (non-hydrogen) atoms. The van der Waals surface area contributed by atoms with E-state index >= 15 is 0 Å². The van der Waals surface area contributed by atoms with Gasteiger partial charge in [-0.05, 0) is 78.8 Å². The van der Waals surface area contributed by atoms with Crippen LogP contribution in [0.15, 0.2) is 60.5 Å². The summed E-state index contributed by atoms with van der Waals surface area (Å²) in [6, 6.07) is 17.2. The minimum atomic E-state index is -0.600. The van der Waals surface area contributed by atoms with Crippen molar-refractivity contribution in [3.63, 3.8) is 0 Å². The quantitative estimate of drug-likeness (QED) is 0.0859. The lowest BCUT2D eigenvalue weighted by atomic mass is 10.00. The Morgan fingerprint density at radius 3 is 2.26 bits per heavy atom. The van der Waals surface area contributed by atoms with Crippen LogP contribution >= 0.6 is 0 Å². The van der Waals surface area contributed by atoms with Gasteiger partial charge in [-0.3, -0.25) is 4.90 Å². The molecule has 1 saturated heterocycles. The first-order valence-corrected chi connectivity index (χ1v) is 18.6. The number of esters is 1. The molecule has 12 nitrogen and oxygen atoms in total. The van der Waals surface area contributed by atoms with Crippen LogP contribution in [0, 0.1) is 0 Å². The zero-order valence-corrected chi connectivity index (χ0v) is 32.5. The molecule has 292 valence electrons. The molecule has 0 radical (unpaired) electrons. The van der Waals surface area contributed by atoms with E-state index in [-0.39, 0.29) is 5.88 Å². The van der Waals surface area contributed by atoms with Crippen molar-refractivity contribution < 1.29 is 52.4 Å². The van der Waals surface area contributed by atoms with E-state index in [4.69, 9.17) is 37.9 Å². The standard InChI is InChI=1S/C42H54N2O10/c1-7-33(31-27-38(49-4)40(51-6)39(28-31)50-5)41(45)44-18-9-8-13-34(44)42(46)54-35(16-14-29-15-17-36(47-2)37(25-29)48-3)30-11-10-12-32(26-30)53-24-21-43-19-22-52-23-20-43/h10-12,15,17,25-28,35H,7-9,13-14,16,18-24H2,1-6H3/p+1/t35-/m1/s1. The minimum Gasteiger partial charge on any atom is -0.493 e. The molecule has 0 saturated carbocycles. The molecular weight excluding hydrogens is 692 g/mol. The molecule has 2 aliphatic rings. The van der Waals surface area contributed by atoms with Crippen LogP contribution in [0.2, 0.25) is 0 Å². The highest BCUT2D eigenvalue weighted by molar-refractivity contribution is 6.34. The number of benzene rings is 3. The van der Waals surface area contributed by atoms with Gasteiger partial charge < -0.3 is 43.0 Å². The van der Waals surface area contributed by atoms with Crippen LogP contribution in [-0.2, 0) is 20.7 Å². The van der Waals surface area contributed by atoms with E-state index in [9.17, 15) is 9.90 Å². The van der Waals surface area contributed by atoms with Crippen LogP contribution in [0.4, 0.5) is 0 Å². The predicted octanol–water partition coefficient (Wildman–Crippen LogP) is 6.63. The van der Waals surface area contributed by atoms with Crippen molar-refractivity contribution in [2.24, 2.45) is 0 Å². The Labute approximate surface area is 318 Å². The fraction of sp³-hybridized carbons (Fsp3) is 0.476. The average Bonchev–Trinajstić information content (AvgIpc) is 3.22. The molecule has 0 aliphatic carbocycles. The van der Waals surface area contributed by atoms with Gasteiger partial charge in [-0.2, -0.15) is 4.58 Å². The molecule has 12 heteroatoms. The number of aliphatic hydroxyl groups excluding tert-OH is 1. The molecule has 5 rings (SSSR count). The largest absolute Gasteiger partial charge is 0.493 e. The van der Waals surface area contributed by atoms with E-state index in [0.29, 0.717) is 90.2 Å². The van der Waals surface area contributed by atoms with Crippen LogP contribution in [0.3, 0.4) is 0 Å². The lowest BCUT2D eigenvalue weighted by Gasteiger charge is -2.26. The second-order valence-corrected chi connectivity index (χ2v) is 13.1. The molecule has 1 fully saturated rings. The van der Waals surface area contributed by atoms with Crippen LogP contribution in [-0.4, -0.2) is 108 Å². The minimum absolute atomic E-state index is 0.00374. The zero-order chi connectivity index (χ0) is 38.5. The SMILES string of the molecule is CCC(=C(O)[N+]1=C(C(=O)O[C@H](CCc2ccc(OC)c(OC)c2)c2cccc(OCCN3CCOCC3)c2)CCCC1)c1cc(OC)c(OC)c(OC)c1. The average molecular weight is 748 g/mol. The third kappa shape index (κ3) is 9.97. The van der Waals surface area contributed by atoms with E-state index < -0.39 is 12.1 Å². The molecule has 2 aliphatic heterocycles. The molecule has 1 atom stereocenters. The Morgan fingerprint density at radius 1 is 0.870 bits per heavy atom. The molecule has 0 bridgehead atoms. The molecule has 1 N–H and O–H groups in total. The number of carbonyl (C=O) groups excluding carboxylic acids is 1. The Bertz CT molecular complexity index is 1760. The van der Waals surface area contributed by atoms with Gasteiger partial charge in [0, 0.05) is 32.5 Å². The first kappa shape index (κ1) is 40.2. The van der Waals surface area contributed by atoms with E-state index in [1.54, 1.807) is 52.3 Å². The van der Waals surface area contributed by atoms with Crippen molar-refractivity contribution in [1.29, 1.82) is 0 Å². The summed E-state index contributed by atoms with van der Waals surface area (Å²) in [4.78, 5) is 16.6. The van der Waals surface area contributed by atoms with Crippen LogP contribution in [0.25, 0.3) is 5.57 Å². The third-order valence-corrected chi connectivity index (χ3v) is 9.90. The number of hydrogen-bond donors (Lipinski definition) is 1. The molecule has 0 amide bonds. The topological polar surface area (TPSA) is 117 Å². The molecular formula is C42H55N2O10+. The van der Waals surface area contributed by atoms with Crippen molar-refractivity contribution in [3.8, 4) is 34.5 Å². The number of allylic oxidation sites excluding steroid dienone is 1. The summed E-state index contributed by atoms with van der Waals surface area (Å²) in [5.41, 5.74) is 3.57. The molecule has 0 spiro atoms. The Morgan fingerprint density at radius 2 is 1.59 bits per heavy atom. The van der Waals surface area contributed by atoms with Gasteiger partial charge in [0.25, 0.3) is 5.71 Å². The fourth-order valence-electron chi connectivity index (χ4n) is 6.93. The summed E-state index contributed by atoms with van der Waals surface area (Å²) in [5, 5.41) is 11.9. The van der Waals surface area contributed by atoms with Crippen molar-refractivity contribution in [2.45, 2.75) is 51.6 Å². The van der Waals surface area contributed by atoms with Gasteiger partial charge >= 0.3 is 11.9 Å². The summed E-state index contributed by atoms with van der Waals surface area (Å²) in [5.74, 6) is 2.90. The smallest absolute Gasteiger partial charge is 0.399 e. The number of morpholine rings is 1. The van der Waals surface area contributed by atoms with Crippen molar-refractivity contribution in [3.05, 3.63) is 77.2 Å². The molecule has 3 aromatic carbocycles. The van der Waals surface area contributed by atoms with Gasteiger partial charge in [0.1, 0.15) is 18.5 Å². The second-order valence-electron chi connectivity index (χ2n) is 13.1. The zero-order valence-electron chi connectivity index (χ0n) is 32.5. The summed E-state index contributed by atoms with van der Waals surface area (Å²) >= 11 is 0. The second kappa shape index (κ2) is 19.9. The number of aliphatic hydroxyl groups is 1. The number of nitrogens with zero attached hydrogens (tertiary/aromatic N) is 2. The van der Waals surface area contributed by atoms with Gasteiger partial charge in [0.15, 0.2) is 29.5 Å². The van der Waals surface area contributed by atoms with E-state index in [1.165, 1.54) is 0 Å². The van der Waals surface area contributed by atoms with Crippen LogP contribution in [0.5, 0.6) is 34.5 Å². The summed E-state index contributed by atoms with van der Waals surface area (Å²) in [6.07, 6.45) is 3.04. The normalized spacial score (nSPS) is 15.9. The van der Waals surface area contributed by atoms with Gasteiger partial charge in [0.2, 0.25) is 5.75 Å². The van der Waals surface area contributed by atoms with Crippen molar-refractivity contribution >= 4 is 17.3 Å². The molecule has 2 heterocycles. The van der Waals surface area contributed by atoms with Gasteiger partial charge in [-0.15, -0.1) is 0 Å². The number of methoxy groups -OCH3 is 5. The number of rotatable bonds is 18. The summed E-state index contributed by atoms with van der Waals surface area (Å²) in [6.45, 7) is 7.00. The monoisotopic (exact) mass is 747 g/mol. The molecule has 3 aromatic rings. The first-order valence-electron chi connectivity index (χ1n) is 18.6. The maximum absolute atomic E-state index is 14.3. The highest BCUT2D eigenvalue weighted by Gasteiger charge is 2.35.